The van der Waals surface area contributed by atoms with E-state index in [2.05, 4.69) is 15.0 Å². The van der Waals surface area contributed by atoms with Crippen molar-refractivity contribution in [2.45, 2.75) is 24.2 Å². The lowest BCUT2D eigenvalue weighted by molar-refractivity contribution is 0.783. The van der Waals surface area contributed by atoms with Crippen molar-refractivity contribution in [3.63, 3.8) is 0 Å². The van der Waals surface area contributed by atoms with Crippen LogP contribution >= 0.6 is 11.8 Å². The fraction of sp³-hybridized carbons (Fsp3) is 0.300. The molecule has 0 aliphatic heterocycles. The molecule has 0 saturated heterocycles. The summed E-state index contributed by atoms with van der Waals surface area (Å²) in [6, 6.07) is 1.96. The Balaban J connectivity index is 2.28. The molecule has 0 atom stereocenters. The minimum atomic E-state index is 0.752. The minimum absolute atomic E-state index is 0.752. The van der Waals surface area contributed by atoms with E-state index in [0.29, 0.717) is 0 Å². The van der Waals surface area contributed by atoms with Gasteiger partial charge < -0.3 is 4.57 Å². The topological polar surface area (TPSA) is 43.6 Å². The maximum Gasteiger partial charge on any atom is 0.195 e. The molecular formula is C10H12N4S. The fourth-order valence-corrected chi connectivity index (χ4v) is 2.13. The maximum atomic E-state index is 4.35. The van der Waals surface area contributed by atoms with Gasteiger partial charge in [0.15, 0.2) is 10.3 Å². The second-order valence-corrected chi connectivity index (χ2v) is 4.29. The average Bonchev–Trinajstić information content (AvgIpc) is 2.50. The van der Waals surface area contributed by atoms with Crippen LogP contribution in [0.4, 0.5) is 0 Å². The van der Waals surface area contributed by atoms with Crippen molar-refractivity contribution in [2.24, 2.45) is 7.05 Å². The molecule has 0 spiro atoms. The van der Waals surface area contributed by atoms with Gasteiger partial charge in [0.25, 0.3) is 0 Å². The van der Waals surface area contributed by atoms with Crippen molar-refractivity contribution in [2.75, 3.05) is 0 Å². The summed E-state index contributed by atoms with van der Waals surface area (Å²) in [6.07, 6.45) is 3.68. The molecule has 2 rings (SSSR count). The second kappa shape index (κ2) is 4.02. The SMILES string of the molecule is Cc1cc(C)nc(Sc2nccn2C)n1. The zero-order valence-electron chi connectivity index (χ0n) is 8.93. The zero-order chi connectivity index (χ0) is 10.8. The zero-order valence-corrected chi connectivity index (χ0v) is 9.75. The van der Waals surface area contributed by atoms with Crippen LogP contribution in [0.3, 0.4) is 0 Å². The number of aromatic nitrogens is 4. The molecule has 5 heteroatoms. The molecule has 0 fully saturated rings. The number of imidazole rings is 1. The van der Waals surface area contributed by atoms with Crippen LogP contribution in [0.25, 0.3) is 0 Å². The van der Waals surface area contributed by atoms with E-state index in [1.165, 1.54) is 11.8 Å². The predicted molar refractivity (Wildman–Crippen MR) is 58.8 cm³/mol. The van der Waals surface area contributed by atoms with Crippen LogP contribution in [-0.4, -0.2) is 19.5 Å². The number of aryl methyl sites for hydroxylation is 3. The third-order valence-electron chi connectivity index (χ3n) is 1.92. The Kier molecular flexibility index (Phi) is 2.73. The lowest BCUT2D eigenvalue weighted by Crippen LogP contribution is -1.95. The Labute approximate surface area is 92.8 Å². The van der Waals surface area contributed by atoms with Crippen molar-refractivity contribution < 1.29 is 0 Å². The van der Waals surface area contributed by atoms with Gasteiger partial charge in [0.05, 0.1) is 0 Å². The van der Waals surface area contributed by atoms with Crippen LogP contribution in [0.2, 0.25) is 0 Å². The Morgan fingerprint density at radius 1 is 1.20 bits per heavy atom. The summed E-state index contributed by atoms with van der Waals surface area (Å²) in [5.41, 5.74) is 1.97. The van der Waals surface area contributed by atoms with Gasteiger partial charge in [-0.15, -0.1) is 0 Å². The van der Waals surface area contributed by atoms with E-state index in [4.69, 9.17) is 0 Å². The molecule has 0 unspecified atom stereocenters. The van der Waals surface area contributed by atoms with Crippen molar-refractivity contribution in [1.82, 2.24) is 19.5 Å². The highest BCUT2D eigenvalue weighted by Gasteiger charge is 2.05. The third kappa shape index (κ3) is 2.36. The molecular weight excluding hydrogens is 208 g/mol. The van der Waals surface area contributed by atoms with Crippen molar-refractivity contribution in [3.8, 4) is 0 Å². The second-order valence-electron chi connectivity index (χ2n) is 3.36. The first-order valence-electron chi connectivity index (χ1n) is 4.62. The van der Waals surface area contributed by atoms with Crippen LogP contribution in [0.1, 0.15) is 11.4 Å². The molecule has 4 nitrogen and oxygen atoms in total. The van der Waals surface area contributed by atoms with Crippen LogP contribution in [0.5, 0.6) is 0 Å². The molecule has 0 N–H and O–H groups in total. The molecule has 0 bridgehead atoms. The minimum Gasteiger partial charge on any atom is -0.329 e. The van der Waals surface area contributed by atoms with Gasteiger partial charge in [-0.2, -0.15) is 0 Å². The van der Waals surface area contributed by atoms with E-state index in [1.54, 1.807) is 6.20 Å². The quantitative estimate of drug-likeness (QED) is 0.726. The highest BCUT2D eigenvalue weighted by Crippen LogP contribution is 2.22. The van der Waals surface area contributed by atoms with Crippen molar-refractivity contribution in [3.05, 3.63) is 29.8 Å². The number of rotatable bonds is 2. The summed E-state index contributed by atoms with van der Waals surface area (Å²) in [7, 11) is 1.96. The molecule has 15 heavy (non-hydrogen) atoms. The molecule has 0 saturated carbocycles. The van der Waals surface area contributed by atoms with Gasteiger partial charge >= 0.3 is 0 Å². The first-order chi connectivity index (χ1) is 7.15. The molecule has 0 aliphatic carbocycles. The molecule has 2 aromatic rings. The Morgan fingerprint density at radius 3 is 2.40 bits per heavy atom. The highest BCUT2D eigenvalue weighted by atomic mass is 32.2. The number of hydrogen-bond acceptors (Lipinski definition) is 4. The molecule has 0 aliphatic rings. The first-order valence-corrected chi connectivity index (χ1v) is 5.44. The lowest BCUT2D eigenvalue weighted by Gasteiger charge is -2.02. The molecule has 0 radical (unpaired) electrons. The molecule has 78 valence electrons. The van der Waals surface area contributed by atoms with Crippen LogP contribution < -0.4 is 0 Å². The number of nitrogens with zero attached hydrogens (tertiary/aromatic N) is 4. The monoisotopic (exact) mass is 220 g/mol. The van der Waals surface area contributed by atoms with Crippen molar-refractivity contribution >= 4 is 11.8 Å². The number of hydrogen-bond donors (Lipinski definition) is 0. The van der Waals surface area contributed by atoms with Crippen LogP contribution in [-0.2, 0) is 7.05 Å². The van der Waals surface area contributed by atoms with E-state index >= 15 is 0 Å². The Bertz CT molecular complexity index is 458. The van der Waals surface area contributed by atoms with Gasteiger partial charge in [0.1, 0.15) is 0 Å². The van der Waals surface area contributed by atoms with E-state index in [-0.39, 0.29) is 0 Å². The van der Waals surface area contributed by atoms with E-state index in [9.17, 15) is 0 Å². The third-order valence-corrected chi connectivity index (χ3v) is 2.86. The van der Waals surface area contributed by atoms with Gasteiger partial charge in [0.2, 0.25) is 0 Å². The van der Waals surface area contributed by atoms with E-state index in [1.807, 2.05) is 37.7 Å². The van der Waals surface area contributed by atoms with Crippen molar-refractivity contribution in [1.29, 1.82) is 0 Å². The van der Waals surface area contributed by atoms with Gasteiger partial charge in [-0.05, 0) is 31.7 Å². The van der Waals surface area contributed by atoms with E-state index in [0.717, 1.165) is 21.7 Å². The summed E-state index contributed by atoms with van der Waals surface area (Å²) in [5.74, 6) is 0. The first kappa shape index (κ1) is 10.2. The van der Waals surface area contributed by atoms with Gasteiger partial charge in [0, 0.05) is 30.8 Å². The van der Waals surface area contributed by atoms with E-state index < -0.39 is 0 Å². The standard InChI is InChI=1S/C10H12N4S/c1-7-6-8(2)13-9(12-7)15-10-11-4-5-14(10)3/h4-6H,1-3H3. The summed E-state index contributed by atoms with van der Waals surface area (Å²) >= 11 is 1.48. The van der Waals surface area contributed by atoms with Gasteiger partial charge in [-0.1, -0.05) is 0 Å². The van der Waals surface area contributed by atoms with Crippen LogP contribution in [0, 0.1) is 13.8 Å². The largest absolute Gasteiger partial charge is 0.329 e. The Morgan fingerprint density at radius 2 is 1.87 bits per heavy atom. The summed E-state index contributed by atoms with van der Waals surface area (Å²) in [4.78, 5) is 12.9. The van der Waals surface area contributed by atoms with Gasteiger partial charge in [-0.25, -0.2) is 15.0 Å². The normalized spacial score (nSPS) is 10.6. The van der Waals surface area contributed by atoms with Crippen LogP contribution in [0.15, 0.2) is 28.8 Å². The maximum absolute atomic E-state index is 4.35. The molecule has 2 aromatic heterocycles. The molecule has 0 amide bonds. The summed E-state index contributed by atoms with van der Waals surface area (Å²) in [5, 5.41) is 1.65. The molecule has 0 aromatic carbocycles. The smallest absolute Gasteiger partial charge is 0.195 e. The summed E-state index contributed by atoms with van der Waals surface area (Å²) in [6.45, 7) is 3.94. The molecule has 2 heterocycles. The Hall–Kier alpha value is -1.36. The predicted octanol–water partition coefficient (Wildman–Crippen LogP) is 1.98. The van der Waals surface area contributed by atoms with Gasteiger partial charge in [-0.3, -0.25) is 0 Å². The summed E-state index contributed by atoms with van der Waals surface area (Å²) < 4.78 is 1.95. The highest BCUT2D eigenvalue weighted by molar-refractivity contribution is 7.99. The fourth-order valence-electron chi connectivity index (χ4n) is 1.27. The lowest BCUT2D eigenvalue weighted by atomic mass is 10.4. The average molecular weight is 220 g/mol.